The maximum absolute atomic E-state index is 5.54. The number of nitrogens with two attached hydrogens (primary N) is 1. The number of hydrogen-bond acceptors (Lipinski definition) is 3. The fourth-order valence-corrected chi connectivity index (χ4v) is 1.29. The van der Waals surface area contributed by atoms with E-state index in [0.717, 1.165) is 5.75 Å². The predicted octanol–water partition coefficient (Wildman–Crippen LogP) is 1.05. The van der Waals surface area contributed by atoms with E-state index in [1.165, 1.54) is 5.56 Å². The second kappa shape index (κ2) is 4.36. The van der Waals surface area contributed by atoms with Crippen molar-refractivity contribution >= 4 is 12.6 Å². The van der Waals surface area contributed by atoms with Gasteiger partial charge in [-0.05, 0) is 17.4 Å². The van der Waals surface area contributed by atoms with E-state index in [-0.39, 0.29) is 0 Å². The Balaban J connectivity index is 2.74. The molecule has 0 saturated heterocycles. The number of hydrogen-bond donors (Lipinski definition) is 2. The second-order valence-electron chi connectivity index (χ2n) is 2.40. The summed E-state index contributed by atoms with van der Waals surface area (Å²) in [5.41, 5.74) is 6.71. The molecule has 0 radical (unpaired) electrons. The molecule has 1 aromatic heterocycles. The van der Waals surface area contributed by atoms with Gasteiger partial charge in [0, 0.05) is 24.9 Å². The summed E-state index contributed by atoms with van der Waals surface area (Å²) in [6, 6.07) is 3.95. The van der Waals surface area contributed by atoms with Crippen molar-refractivity contribution in [1.82, 2.24) is 4.98 Å². The lowest BCUT2D eigenvalue weighted by molar-refractivity contribution is 0.782. The first-order chi connectivity index (χ1) is 5.38. The van der Waals surface area contributed by atoms with Gasteiger partial charge in [0.25, 0.3) is 0 Å². The molecule has 0 aliphatic heterocycles. The number of nitrogens with zero attached hydrogens (tertiary/aromatic N) is 1. The molecule has 3 heteroatoms. The minimum absolute atomic E-state index is 0.340. The molecule has 0 amide bonds. The summed E-state index contributed by atoms with van der Waals surface area (Å²) in [5.74, 6) is 1.12. The van der Waals surface area contributed by atoms with E-state index in [9.17, 15) is 0 Å². The quantitative estimate of drug-likeness (QED) is 0.662. The largest absolute Gasteiger partial charge is 0.330 e. The molecule has 0 saturated carbocycles. The van der Waals surface area contributed by atoms with Crippen LogP contribution in [0.15, 0.2) is 24.5 Å². The Morgan fingerprint density at radius 2 is 2.45 bits per heavy atom. The summed E-state index contributed by atoms with van der Waals surface area (Å²) in [6.07, 6.45) is 3.60. The Labute approximate surface area is 72.2 Å². The van der Waals surface area contributed by atoms with Crippen molar-refractivity contribution in [3.8, 4) is 0 Å². The Kier molecular flexibility index (Phi) is 3.39. The highest BCUT2D eigenvalue weighted by atomic mass is 32.1. The van der Waals surface area contributed by atoms with Crippen LogP contribution in [0.2, 0.25) is 0 Å². The molecule has 2 nitrogen and oxygen atoms in total. The summed E-state index contributed by atoms with van der Waals surface area (Å²) >= 11 is 4.20. The third-order valence-corrected chi connectivity index (χ3v) is 2.10. The molecular weight excluding hydrogens is 156 g/mol. The highest BCUT2D eigenvalue weighted by Gasteiger charge is 2.05. The lowest BCUT2D eigenvalue weighted by atomic mass is 10.0. The van der Waals surface area contributed by atoms with E-state index in [1.54, 1.807) is 6.20 Å². The van der Waals surface area contributed by atoms with E-state index in [0.29, 0.717) is 12.5 Å². The summed E-state index contributed by atoms with van der Waals surface area (Å²) in [4.78, 5) is 4.01. The number of pyridine rings is 1. The van der Waals surface area contributed by atoms with Gasteiger partial charge >= 0.3 is 0 Å². The van der Waals surface area contributed by atoms with Gasteiger partial charge in [0.05, 0.1) is 0 Å². The summed E-state index contributed by atoms with van der Waals surface area (Å²) in [6.45, 7) is 0.634. The molecule has 11 heavy (non-hydrogen) atoms. The van der Waals surface area contributed by atoms with Gasteiger partial charge in [0.15, 0.2) is 0 Å². The van der Waals surface area contributed by atoms with Crippen molar-refractivity contribution in [2.24, 2.45) is 5.73 Å². The maximum Gasteiger partial charge on any atom is 0.0303 e. The van der Waals surface area contributed by atoms with Gasteiger partial charge < -0.3 is 5.73 Å². The molecule has 1 heterocycles. The van der Waals surface area contributed by atoms with Crippen LogP contribution in [-0.2, 0) is 0 Å². The summed E-state index contributed by atoms with van der Waals surface area (Å²) in [7, 11) is 0. The van der Waals surface area contributed by atoms with Crippen LogP contribution in [0.25, 0.3) is 0 Å². The highest BCUT2D eigenvalue weighted by Crippen LogP contribution is 2.13. The summed E-state index contributed by atoms with van der Waals surface area (Å²) < 4.78 is 0. The molecule has 2 N–H and O–H groups in total. The fraction of sp³-hybridized carbons (Fsp3) is 0.375. The lowest BCUT2D eigenvalue weighted by Gasteiger charge is -2.10. The topological polar surface area (TPSA) is 38.9 Å². The Morgan fingerprint density at radius 3 is 2.91 bits per heavy atom. The fourth-order valence-electron chi connectivity index (χ4n) is 0.933. The smallest absolute Gasteiger partial charge is 0.0303 e. The lowest BCUT2D eigenvalue weighted by Crippen LogP contribution is -2.13. The third kappa shape index (κ3) is 2.20. The zero-order valence-electron chi connectivity index (χ0n) is 6.27. The maximum atomic E-state index is 5.54. The molecule has 60 valence electrons. The van der Waals surface area contributed by atoms with Crippen LogP contribution in [-0.4, -0.2) is 17.3 Å². The van der Waals surface area contributed by atoms with Crippen molar-refractivity contribution in [2.45, 2.75) is 5.92 Å². The molecule has 0 fully saturated rings. The molecule has 0 aromatic carbocycles. The van der Waals surface area contributed by atoms with Gasteiger partial charge in [-0.25, -0.2) is 0 Å². The SMILES string of the molecule is NCC(CS)c1cccnc1. The minimum atomic E-state index is 0.340. The van der Waals surface area contributed by atoms with Crippen LogP contribution in [0.1, 0.15) is 11.5 Å². The first kappa shape index (κ1) is 8.56. The number of aromatic nitrogens is 1. The van der Waals surface area contributed by atoms with Crippen molar-refractivity contribution in [2.75, 3.05) is 12.3 Å². The predicted molar refractivity (Wildman–Crippen MR) is 49.9 cm³/mol. The standard InChI is InChI=1S/C8H12N2S/c9-4-8(6-11)7-2-1-3-10-5-7/h1-3,5,8,11H,4,6,9H2. The number of thiol groups is 1. The molecular formula is C8H12N2S. The molecule has 0 bridgehead atoms. The van der Waals surface area contributed by atoms with Gasteiger partial charge in [0.2, 0.25) is 0 Å². The van der Waals surface area contributed by atoms with E-state index in [2.05, 4.69) is 17.6 Å². The van der Waals surface area contributed by atoms with E-state index >= 15 is 0 Å². The van der Waals surface area contributed by atoms with Crippen LogP contribution in [0.4, 0.5) is 0 Å². The van der Waals surface area contributed by atoms with Crippen LogP contribution in [0.3, 0.4) is 0 Å². The highest BCUT2D eigenvalue weighted by molar-refractivity contribution is 7.80. The monoisotopic (exact) mass is 168 g/mol. The second-order valence-corrected chi connectivity index (χ2v) is 2.77. The molecule has 1 rings (SSSR count). The third-order valence-electron chi connectivity index (χ3n) is 1.66. The first-order valence-corrected chi connectivity index (χ1v) is 4.22. The molecule has 1 unspecified atom stereocenters. The normalized spacial score (nSPS) is 12.9. The van der Waals surface area contributed by atoms with E-state index < -0.39 is 0 Å². The molecule has 0 aliphatic rings. The molecule has 0 spiro atoms. The van der Waals surface area contributed by atoms with E-state index in [1.807, 2.05) is 18.3 Å². The summed E-state index contributed by atoms with van der Waals surface area (Å²) in [5, 5.41) is 0. The van der Waals surface area contributed by atoms with Gasteiger partial charge in [-0.1, -0.05) is 6.07 Å². The van der Waals surface area contributed by atoms with Crippen LogP contribution in [0, 0.1) is 0 Å². The molecule has 1 atom stereocenters. The van der Waals surface area contributed by atoms with Crippen LogP contribution < -0.4 is 5.73 Å². The van der Waals surface area contributed by atoms with Gasteiger partial charge in [-0.15, -0.1) is 0 Å². The first-order valence-electron chi connectivity index (χ1n) is 3.59. The van der Waals surface area contributed by atoms with Gasteiger partial charge in [-0.2, -0.15) is 12.6 Å². The van der Waals surface area contributed by atoms with Crippen LogP contribution in [0.5, 0.6) is 0 Å². The van der Waals surface area contributed by atoms with Crippen molar-refractivity contribution < 1.29 is 0 Å². The molecule has 0 aliphatic carbocycles. The Hall–Kier alpha value is -0.540. The van der Waals surface area contributed by atoms with Crippen molar-refractivity contribution in [1.29, 1.82) is 0 Å². The van der Waals surface area contributed by atoms with Gasteiger partial charge in [0.1, 0.15) is 0 Å². The molecule has 1 aromatic rings. The van der Waals surface area contributed by atoms with Gasteiger partial charge in [-0.3, -0.25) is 4.98 Å². The zero-order valence-corrected chi connectivity index (χ0v) is 7.17. The van der Waals surface area contributed by atoms with Crippen LogP contribution >= 0.6 is 12.6 Å². The average molecular weight is 168 g/mol. The van der Waals surface area contributed by atoms with Crippen molar-refractivity contribution in [3.63, 3.8) is 0 Å². The Bertz CT molecular complexity index is 197. The van der Waals surface area contributed by atoms with Crippen molar-refractivity contribution in [3.05, 3.63) is 30.1 Å². The Morgan fingerprint density at radius 1 is 1.64 bits per heavy atom. The zero-order chi connectivity index (χ0) is 8.10. The number of rotatable bonds is 3. The minimum Gasteiger partial charge on any atom is -0.330 e. The average Bonchev–Trinajstić information content (AvgIpc) is 2.09. The van der Waals surface area contributed by atoms with E-state index in [4.69, 9.17) is 5.73 Å².